The third-order valence-corrected chi connectivity index (χ3v) is 4.60. The van der Waals surface area contributed by atoms with Crippen molar-refractivity contribution >= 4 is 32.9 Å². The molecule has 130 valence electrons. The van der Waals surface area contributed by atoms with Crippen molar-refractivity contribution in [3.63, 3.8) is 0 Å². The Kier molecular flexibility index (Phi) is 5.38. The lowest BCUT2D eigenvalue weighted by Crippen LogP contribution is -2.33. The summed E-state index contributed by atoms with van der Waals surface area (Å²) in [5, 5.41) is 0. The SMILES string of the molecule is Cc1nc2ccccc2n1CC(=O)N(C)CCOc1ccc(Br)cc1. The number of hydrogen-bond donors (Lipinski definition) is 0. The van der Waals surface area contributed by atoms with E-state index in [0.29, 0.717) is 13.2 Å². The molecule has 0 radical (unpaired) electrons. The van der Waals surface area contributed by atoms with Crippen LogP contribution in [0.1, 0.15) is 5.82 Å². The molecule has 0 fully saturated rings. The van der Waals surface area contributed by atoms with E-state index in [9.17, 15) is 4.79 Å². The number of nitrogens with zero attached hydrogens (tertiary/aromatic N) is 3. The van der Waals surface area contributed by atoms with Gasteiger partial charge in [0.15, 0.2) is 0 Å². The topological polar surface area (TPSA) is 47.4 Å². The zero-order valence-electron chi connectivity index (χ0n) is 14.3. The fourth-order valence-electron chi connectivity index (χ4n) is 2.61. The number of amides is 1. The second-order valence-electron chi connectivity index (χ2n) is 5.85. The first-order chi connectivity index (χ1) is 12.0. The Labute approximate surface area is 155 Å². The number of likely N-dealkylation sites (N-methyl/N-ethyl adjacent to an activating group) is 1. The summed E-state index contributed by atoms with van der Waals surface area (Å²) in [5.74, 6) is 1.67. The van der Waals surface area contributed by atoms with Crippen molar-refractivity contribution in [2.75, 3.05) is 20.2 Å². The molecular weight excluding hydrogens is 382 g/mol. The van der Waals surface area contributed by atoms with Crippen LogP contribution in [0.2, 0.25) is 0 Å². The molecule has 0 spiro atoms. The summed E-state index contributed by atoms with van der Waals surface area (Å²) in [4.78, 5) is 18.7. The molecule has 2 aromatic carbocycles. The Morgan fingerprint density at radius 1 is 1.20 bits per heavy atom. The van der Waals surface area contributed by atoms with Crippen LogP contribution in [-0.4, -0.2) is 40.6 Å². The molecule has 0 unspecified atom stereocenters. The molecule has 1 heterocycles. The van der Waals surface area contributed by atoms with Gasteiger partial charge in [-0.1, -0.05) is 28.1 Å². The number of fused-ring (bicyclic) bond motifs is 1. The molecule has 0 aliphatic carbocycles. The standard InChI is InChI=1S/C19H20BrN3O2/c1-14-21-17-5-3-4-6-18(17)23(14)13-19(24)22(2)11-12-25-16-9-7-15(20)8-10-16/h3-10H,11-13H2,1-2H3. The van der Waals surface area contributed by atoms with Crippen LogP contribution in [0.5, 0.6) is 5.75 Å². The van der Waals surface area contributed by atoms with Crippen LogP contribution in [-0.2, 0) is 11.3 Å². The maximum Gasteiger partial charge on any atom is 0.242 e. The Morgan fingerprint density at radius 3 is 2.68 bits per heavy atom. The minimum absolute atomic E-state index is 0.0330. The largest absolute Gasteiger partial charge is 0.492 e. The highest BCUT2D eigenvalue weighted by atomic mass is 79.9. The summed E-state index contributed by atoms with van der Waals surface area (Å²) < 4.78 is 8.63. The molecule has 1 aromatic heterocycles. The number of carbonyl (C=O) groups is 1. The maximum absolute atomic E-state index is 12.5. The van der Waals surface area contributed by atoms with Crippen LogP contribution in [0.3, 0.4) is 0 Å². The second kappa shape index (κ2) is 7.70. The van der Waals surface area contributed by atoms with Crippen molar-refractivity contribution < 1.29 is 9.53 Å². The van der Waals surface area contributed by atoms with Gasteiger partial charge in [-0.2, -0.15) is 0 Å². The average molecular weight is 402 g/mol. The van der Waals surface area contributed by atoms with Crippen LogP contribution in [0.15, 0.2) is 53.0 Å². The first kappa shape index (κ1) is 17.5. The zero-order valence-corrected chi connectivity index (χ0v) is 15.9. The molecule has 0 aliphatic rings. The summed E-state index contributed by atoms with van der Waals surface area (Å²) in [6, 6.07) is 15.5. The Hall–Kier alpha value is -2.34. The zero-order chi connectivity index (χ0) is 17.8. The Balaban J connectivity index is 1.57. The van der Waals surface area contributed by atoms with Gasteiger partial charge in [0.1, 0.15) is 24.7 Å². The Morgan fingerprint density at radius 2 is 1.92 bits per heavy atom. The predicted octanol–water partition coefficient (Wildman–Crippen LogP) is 3.64. The highest BCUT2D eigenvalue weighted by Gasteiger charge is 2.14. The van der Waals surface area contributed by atoms with Crippen molar-refractivity contribution in [3.05, 3.63) is 58.8 Å². The number of ether oxygens (including phenoxy) is 1. The lowest BCUT2D eigenvalue weighted by molar-refractivity contribution is -0.130. The molecule has 3 rings (SSSR count). The number of aromatic nitrogens is 2. The van der Waals surface area contributed by atoms with Gasteiger partial charge < -0.3 is 14.2 Å². The number of aryl methyl sites for hydroxylation is 1. The van der Waals surface area contributed by atoms with E-state index in [1.54, 1.807) is 11.9 Å². The molecule has 0 atom stereocenters. The number of para-hydroxylation sites is 2. The molecule has 0 saturated carbocycles. The van der Waals surface area contributed by atoms with Crippen LogP contribution >= 0.6 is 15.9 Å². The van der Waals surface area contributed by atoms with Crippen molar-refractivity contribution in [1.82, 2.24) is 14.5 Å². The molecule has 0 aliphatic heterocycles. The van der Waals surface area contributed by atoms with Gasteiger partial charge in [0.2, 0.25) is 5.91 Å². The average Bonchev–Trinajstić information content (AvgIpc) is 2.92. The van der Waals surface area contributed by atoms with Gasteiger partial charge in [0.05, 0.1) is 17.6 Å². The molecule has 6 heteroatoms. The fourth-order valence-corrected chi connectivity index (χ4v) is 2.87. The van der Waals surface area contributed by atoms with Crippen LogP contribution in [0, 0.1) is 6.92 Å². The smallest absolute Gasteiger partial charge is 0.242 e. The second-order valence-corrected chi connectivity index (χ2v) is 6.77. The monoisotopic (exact) mass is 401 g/mol. The van der Waals surface area contributed by atoms with Gasteiger partial charge in [0.25, 0.3) is 0 Å². The van der Waals surface area contributed by atoms with Crippen LogP contribution < -0.4 is 4.74 Å². The summed E-state index contributed by atoms with van der Waals surface area (Å²) in [5.41, 5.74) is 1.89. The van der Waals surface area contributed by atoms with E-state index in [-0.39, 0.29) is 12.5 Å². The van der Waals surface area contributed by atoms with Gasteiger partial charge in [-0.05, 0) is 43.3 Å². The summed E-state index contributed by atoms with van der Waals surface area (Å²) in [7, 11) is 1.79. The van der Waals surface area contributed by atoms with E-state index in [0.717, 1.165) is 27.1 Å². The van der Waals surface area contributed by atoms with E-state index < -0.39 is 0 Å². The number of imidazole rings is 1. The van der Waals surface area contributed by atoms with Gasteiger partial charge >= 0.3 is 0 Å². The van der Waals surface area contributed by atoms with Gasteiger partial charge in [-0.3, -0.25) is 4.79 Å². The number of benzene rings is 2. The molecular formula is C19H20BrN3O2. The molecule has 0 saturated heterocycles. The van der Waals surface area contributed by atoms with E-state index in [1.165, 1.54) is 0 Å². The molecule has 3 aromatic rings. The molecule has 0 bridgehead atoms. The van der Waals surface area contributed by atoms with Gasteiger partial charge in [-0.15, -0.1) is 0 Å². The normalized spacial score (nSPS) is 10.8. The van der Waals surface area contributed by atoms with Crippen molar-refractivity contribution in [2.24, 2.45) is 0 Å². The van der Waals surface area contributed by atoms with Crippen molar-refractivity contribution in [1.29, 1.82) is 0 Å². The third-order valence-electron chi connectivity index (χ3n) is 4.07. The lowest BCUT2D eigenvalue weighted by atomic mass is 10.3. The summed E-state index contributed by atoms with van der Waals surface area (Å²) in [6.45, 7) is 3.18. The highest BCUT2D eigenvalue weighted by molar-refractivity contribution is 9.10. The van der Waals surface area contributed by atoms with E-state index in [1.807, 2.05) is 60.0 Å². The number of hydrogen-bond acceptors (Lipinski definition) is 3. The predicted molar refractivity (Wildman–Crippen MR) is 102 cm³/mol. The fraction of sp³-hybridized carbons (Fsp3) is 0.263. The molecule has 1 amide bonds. The van der Waals surface area contributed by atoms with E-state index in [4.69, 9.17) is 4.74 Å². The highest BCUT2D eigenvalue weighted by Crippen LogP contribution is 2.17. The van der Waals surface area contributed by atoms with Crippen molar-refractivity contribution in [3.8, 4) is 5.75 Å². The summed E-state index contributed by atoms with van der Waals surface area (Å²) in [6.07, 6.45) is 0. The quantitative estimate of drug-likeness (QED) is 0.633. The lowest BCUT2D eigenvalue weighted by Gasteiger charge is -2.18. The minimum atomic E-state index is 0.0330. The van der Waals surface area contributed by atoms with E-state index >= 15 is 0 Å². The first-order valence-electron chi connectivity index (χ1n) is 8.09. The molecule has 0 N–H and O–H groups in total. The molecule has 5 nitrogen and oxygen atoms in total. The number of halogens is 1. The number of rotatable bonds is 6. The van der Waals surface area contributed by atoms with Gasteiger partial charge in [0, 0.05) is 11.5 Å². The summed E-state index contributed by atoms with van der Waals surface area (Å²) >= 11 is 3.39. The van der Waals surface area contributed by atoms with Crippen molar-refractivity contribution in [2.45, 2.75) is 13.5 Å². The van der Waals surface area contributed by atoms with Gasteiger partial charge in [-0.25, -0.2) is 4.98 Å². The Bertz CT molecular complexity index is 874. The first-order valence-corrected chi connectivity index (χ1v) is 8.88. The van der Waals surface area contributed by atoms with E-state index in [2.05, 4.69) is 20.9 Å². The van der Waals surface area contributed by atoms with Crippen LogP contribution in [0.25, 0.3) is 11.0 Å². The third kappa shape index (κ3) is 4.20. The molecule has 25 heavy (non-hydrogen) atoms. The van der Waals surface area contributed by atoms with Crippen LogP contribution in [0.4, 0.5) is 0 Å². The maximum atomic E-state index is 12.5. The minimum Gasteiger partial charge on any atom is -0.492 e. The number of carbonyl (C=O) groups excluding carboxylic acids is 1.